The first-order chi connectivity index (χ1) is 17.4. The van der Waals surface area contributed by atoms with Crippen LogP contribution in [0.2, 0.25) is 0 Å². The van der Waals surface area contributed by atoms with Gasteiger partial charge in [-0.15, -0.1) is 0 Å². The summed E-state index contributed by atoms with van der Waals surface area (Å²) in [6, 6.07) is 20.7. The number of ether oxygens (including phenoxy) is 1. The van der Waals surface area contributed by atoms with Gasteiger partial charge in [0.25, 0.3) is 11.7 Å². The summed E-state index contributed by atoms with van der Waals surface area (Å²) in [4.78, 5) is 27.5. The average molecular weight is 484 g/mol. The van der Waals surface area contributed by atoms with E-state index >= 15 is 0 Å². The summed E-state index contributed by atoms with van der Waals surface area (Å²) in [7, 11) is 0. The van der Waals surface area contributed by atoms with Crippen LogP contribution in [0.1, 0.15) is 40.0 Å². The van der Waals surface area contributed by atoms with Gasteiger partial charge >= 0.3 is 0 Å². The third-order valence-electron chi connectivity index (χ3n) is 6.26. The van der Waals surface area contributed by atoms with Gasteiger partial charge in [-0.1, -0.05) is 24.3 Å². The van der Waals surface area contributed by atoms with E-state index in [0.717, 1.165) is 11.1 Å². The van der Waals surface area contributed by atoms with Crippen molar-refractivity contribution in [1.29, 1.82) is 0 Å². The number of carbonyl (C=O) groups is 2. The number of hydrogen-bond donors (Lipinski definition) is 1. The standard InChI is InChI=1S/C29H25NO6/c1-18-6-3-4-7-21(18)17-35-22-12-10-20(11-13-22)27(31)25-26(24-14-9-19(2)36-24)30(29(33)28(25)32)16-23-8-5-15-34-23/h3-15,26,31H,16-17H2,1-2H3/t26-/m1/s1. The van der Waals surface area contributed by atoms with Crippen molar-refractivity contribution in [1.82, 2.24) is 4.90 Å². The minimum atomic E-state index is -0.888. The maximum absolute atomic E-state index is 13.1. The summed E-state index contributed by atoms with van der Waals surface area (Å²) in [5, 5.41) is 11.2. The second-order valence-electron chi connectivity index (χ2n) is 8.69. The minimum Gasteiger partial charge on any atom is -0.507 e. The molecule has 36 heavy (non-hydrogen) atoms. The minimum absolute atomic E-state index is 0.0329. The number of Topliss-reactive ketones (excluding diaryl/α,β-unsaturated/α-hetero) is 1. The fourth-order valence-electron chi connectivity index (χ4n) is 4.31. The first kappa shape index (κ1) is 23.2. The molecule has 1 fully saturated rings. The van der Waals surface area contributed by atoms with Crippen molar-refractivity contribution in [3.05, 3.63) is 119 Å². The van der Waals surface area contributed by atoms with Crippen LogP contribution in [-0.4, -0.2) is 21.7 Å². The Morgan fingerprint density at radius 2 is 1.75 bits per heavy atom. The van der Waals surface area contributed by atoms with E-state index in [2.05, 4.69) is 0 Å². The molecule has 0 radical (unpaired) electrons. The summed E-state index contributed by atoms with van der Waals surface area (Å²) >= 11 is 0. The molecule has 1 N–H and O–H groups in total. The number of nitrogens with zero attached hydrogens (tertiary/aromatic N) is 1. The van der Waals surface area contributed by atoms with E-state index in [9.17, 15) is 14.7 Å². The van der Waals surface area contributed by atoms with Crippen LogP contribution in [0, 0.1) is 13.8 Å². The number of amides is 1. The topological polar surface area (TPSA) is 93.1 Å². The molecule has 0 spiro atoms. The predicted octanol–water partition coefficient (Wildman–Crippen LogP) is 5.69. The van der Waals surface area contributed by atoms with E-state index in [4.69, 9.17) is 13.6 Å². The number of rotatable bonds is 7. The lowest BCUT2D eigenvalue weighted by molar-refractivity contribution is -0.140. The predicted molar refractivity (Wildman–Crippen MR) is 132 cm³/mol. The van der Waals surface area contributed by atoms with Crippen LogP contribution < -0.4 is 4.74 Å². The number of aryl methyl sites for hydroxylation is 2. The van der Waals surface area contributed by atoms with Crippen LogP contribution in [-0.2, 0) is 22.7 Å². The molecule has 1 atom stereocenters. The number of aliphatic hydroxyl groups is 1. The normalized spacial score (nSPS) is 17.1. The van der Waals surface area contributed by atoms with Gasteiger partial charge in [0.2, 0.25) is 0 Å². The second-order valence-corrected chi connectivity index (χ2v) is 8.69. The molecule has 7 heteroatoms. The molecule has 3 heterocycles. The molecular formula is C29H25NO6. The van der Waals surface area contributed by atoms with Crippen molar-refractivity contribution in [2.45, 2.75) is 33.0 Å². The van der Waals surface area contributed by atoms with Crippen LogP contribution in [0.5, 0.6) is 5.75 Å². The summed E-state index contributed by atoms with van der Waals surface area (Å²) in [6.07, 6.45) is 1.50. The van der Waals surface area contributed by atoms with Crippen LogP contribution in [0.3, 0.4) is 0 Å². The highest BCUT2D eigenvalue weighted by Gasteiger charge is 2.47. The molecule has 1 aliphatic rings. The molecule has 1 aliphatic heterocycles. The summed E-state index contributed by atoms with van der Waals surface area (Å²) in [5.74, 6) is 0.358. The van der Waals surface area contributed by atoms with Crippen LogP contribution in [0.25, 0.3) is 5.76 Å². The Balaban J connectivity index is 1.45. The van der Waals surface area contributed by atoms with Crippen molar-refractivity contribution < 1.29 is 28.3 Å². The van der Waals surface area contributed by atoms with Crippen LogP contribution >= 0.6 is 0 Å². The first-order valence-corrected chi connectivity index (χ1v) is 11.6. The Morgan fingerprint density at radius 1 is 0.972 bits per heavy atom. The van der Waals surface area contributed by atoms with E-state index in [0.29, 0.717) is 35.2 Å². The summed E-state index contributed by atoms with van der Waals surface area (Å²) in [6.45, 7) is 4.27. The third-order valence-corrected chi connectivity index (χ3v) is 6.26. The number of benzene rings is 2. The fourth-order valence-corrected chi connectivity index (χ4v) is 4.31. The summed E-state index contributed by atoms with van der Waals surface area (Å²) in [5.41, 5.74) is 2.58. The smallest absolute Gasteiger partial charge is 0.296 e. The molecule has 1 amide bonds. The van der Waals surface area contributed by atoms with Gasteiger partial charge in [-0.05, 0) is 73.5 Å². The van der Waals surface area contributed by atoms with Crippen molar-refractivity contribution in [3.8, 4) is 5.75 Å². The lowest BCUT2D eigenvalue weighted by Crippen LogP contribution is -2.28. The highest BCUT2D eigenvalue weighted by molar-refractivity contribution is 6.46. The third kappa shape index (κ3) is 4.43. The Bertz CT molecular complexity index is 1430. The molecule has 1 saturated heterocycles. The maximum atomic E-state index is 13.1. The van der Waals surface area contributed by atoms with Gasteiger partial charge in [0, 0.05) is 5.56 Å². The van der Waals surface area contributed by atoms with E-state index in [1.165, 1.54) is 11.2 Å². The molecule has 7 nitrogen and oxygen atoms in total. The zero-order chi connectivity index (χ0) is 25.2. The molecule has 4 aromatic rings. The average Bonchev–Trinajstić information content (AvgIpc) is 3.61. The van der Waals surface area contributed by atoms with Gasteiger partial charge in [-0.25, -0.2) is 0 Å². The molecule has 2 aromatic carbocycles. The zero-order valence-corrected chi connectivity index (χ0v) is 19.9. The van der Waals surface area contributed by atoms with E-state index in [1.54, 1.807) is 55.5 Å². The maximum Gasteiger partial charge on any atom is 0.296 e. The Labute approximate surface area is 208 Å². The van der Waals surface area contributed by atoms with Crippen LogP contribution in [0.15, 0.2) is 93.5 Å². The second kappa shape index (κ2) is 9.62. The van der Waals surface area contributed by atoms with Gasteiger partial charge < -0.3 is 23.6 Å². The fraction of sp³-hybridized carbons (Fsp3) is 0.172. The number of hydrogen-bond acceptors (Lipinski definition) is 6. The Kier molecular flexibility index (Phi) is 6.21. The Morgan fingerprint density at radius 3 is 2.42 bits per heavy atom. The highest BCUT2D eigenvalue weighted by Crippen LogP contribution is 2.41. The number of furan rings is 2. The van der Waals surface area contributed by atoms with E-state index < -0.39 is 17.7 Å². The molecule has 5 rings (SSSR count). The van der Waals surface area contributed by atoms with Crippen LogP contribution in [0.4, 0.5) is 0 Å². The SMILES string of the molecule is Cc1ccc([C@@H]2C(=C(O)c3ccc(OCc4ccccc4C)cc3)C(=O)C(=O)N2Cc2ccco2)o1. The molecule has 182 valence electrons. The zero-order valence-electron chi connectivity index (χ0n) is 19.9. The van der Waals surface area contributed by atoms with Crippen molar-refractivity contribution in [2.75, 3.05) is 0 Å². The molecule has 0 aliphatic carbocycles. The Hall–Kier alpha value is -4.52. The van der Waals surface area contributed by atoms with Gasteiger partial charge in [-0.3, -0.25) is 9.59 Å². The largest absolute Gasteiger partial charge is 0.507 e. The number of ketones is 1. The number of carbonyl (C=O) groups excluding carboxylic acids is 2. The molecular weight excluding hydrogens is 458 g/mol. The quantitative estimate of drug-likeness (QED) is 0.206. The highest BCUT2D eigenvalue weighted by atomic mass is 16.5. The van der Waals surface area contributed by atoms with Crippen molar-refractivity contribution >= 4 is 17.4 Å². The van der Waals surface area contributed by atoms with E-state index in [1.807, 2.05) is 31.2 Å². The first-order valence-electron chi connectivity index (χ1n) is 11.6. The summed E-state index contributed by atoms with van der Waals surface area (Å²) < 4.78 is 17.1. The number of likely N-dealkylation sites (tertiary alicyclic amines) is 1. The lowest BCUT2D eigenvalue weighted by atomic mass is 9.99. The lowest BCUT2D eigenvalue weighted by Gasteiger charge is -2.22. The molecule has 0 bridgehead atoms. The molecule has 0 saturated carbocycles. The van der Waals surface area contributed by atoms with Gasteiger partial charge in [0.15, 0.2) is 0 Å². The molecule has 0 unspecified atom stereocenters. The number of aliphatic hydroxyl groups excluding tert-OH is 1. The van der Waals surface area contributed by atoms with E-state index in [-0.39, 0.29) is 17.9 Å². The van der Waals surface area contributed by atoms with Gasteiger partial charge in [0.1, 0.15) is 41.4 Å². The van der Waals surface area contributed by atoms with Gasteiger partial charge in [0.05, 0.1) is 18.4 Å². The molecule has 2 aromatic heterocycles. The van der Waals surface area contributed by atoms with Crippen molar-refractivity contribution in [2.24, 2.45) is 0 Å². The van der Waals surface area contributed by atoms with Gasteiger partial charge in [-0.2, -0.15) is 0 Å². The monoisotopic (exact) mass is 483 g/mol. The van der Waals surface area contributed by atoms with Crippen molar-refractivity contribution in [3.63, 3.8) is 0 Å².